The van der Waals surface area contributed by atoms with Crippen molar-refractivity contribution in [2.75, 3.05) is 0 Å². The average molecular weight is 147 g/mol. The maximum Gasteiger partial charge on any atom is 0.0481 e. The van der Waals surface area contributed by atoms with E-state index >= 15 is 0 Å². The minimum absolute atomic E-state index is 1.10. The van der Waals surface area contributed by atoms with E-state index in [4.69, 9.17) is 0 Å². The molecule has 0 aromatic carbocycles. The Hall–Kier alpha value is -0.850. The fourth-order valence-corrected chi connectivity index (χ4v) is 1.83. The Morgan fingerprint density at radius 2 is 1.82 bits per heavy atom. The Morgan fingerprint density at radius 3 is 2.45 bits per heavy atom. The predicted molar refractivity (Wildman–Crippen MR) is 47.7 cm³/mol. The van der Waals surface area contributed by atoms with Gasteiger partial charge in [0, 0.05) is 24.3 Å². The van der Waals surface area contributed by atoms with Gasteiger partial charge in [0.25, 0.3) is 0 Å². The maximum absolute atomic E-state index is 4.51. The van der Waals surface area contributed by atoms with Crippen molar-refractivity contribution in [2.45, 2.75) is 33.6 Å². The average Bonchev–Trinajstić information content (AvgIpc) is 2.37. The Bertz CT molecular complexity index is 303. The lowest BCUT2D eigenvalue weighted by molar-refractivity contribution is 1.11. The van der Waals surface area contributed by atoms with E-state index in [1.165, 1.54) is 28.1 Å². The van der Waals surface area contributed by atoms with Crippen molar-refractivity contribution in [2.24, 2.45) is 4.99 Å². The molecule has 0 N–H and O–H groups in total. The van der Waals surface area contributed by atoms with Crippen molar-refractivity contribution < 1.29 is 0 Å². The lowest BCUT2D eigenvalue weighted by atomic mass is 10.1. The van der Waals surface area contributed by atoms with Gasteiger partial charge in [0.2, 0.25) is 0 Å². The van der Waals surface area contributed by atoms with Crippen LogP contribution in [0.4, 0.5) is 0 Å². The number of rotatable bonds is 0. The molecule has 1 aliphatic carbocycles. The summed E-state index contributed by atoms with van der Waals surface area (Å²) < 4.78 is 0. The molecule has 1 heteroatoms. The van der Waals surface area contributed by atoms with Gasteiger partial charge in [-0.2, -0.15) is 0 Å². The van der Waals surface area contributed by atoms with Gasteiger partial charge in [0.1, 0.15) is 0 Å². The number of hydrogen-bond acceptors (Lipinski definition) is 1. The highest BCUT2D eigenvalue weighted by molar-refractivity contribution is 5.89. The molecule has 0 fully saturated rings. The first-order chi connectivity index (χ1) is 5.18. The van der Waals surface area contributed by atoms with E-state index in [9.17, 15) is 0 Å². The van der Waals surface area contributed by atoms with Crippen LogP contribution in [0.5, 0.6) is 0 Å². The van der Waals surface area contributed by atoms with Gasteiger partial charge in [-0.15, -0.1) is 0 Å². The molecule has 1 aliphatic heterocycles. The van der Waals surface area contributed by atoms with E-state index in [0.29, 0.717) is 0 Å². The van der Waals surface area contributed by atoms with Gasteiger partial charge in [-0.25, -0.2) is 0 Å². The van der Waals surface area contributed by atoms with Gasteiger partial charge in [-0.1, -0.05) is 5.57 Å². The van der Waals surface area contributed by atoms with Gasteiger partial charge in [-0.3, -0.25) is 4.99 Å². The second kappa shape index (κ2) is 2.07. The van der Waals surface area contributed by atoms with Crippen molar-refractivity contribution in [1.29, 1.82) is 0 Å². The summed E-state index contributed by atoms with van der Waals surface area (Å²) in [4.78, 5) is 4.51. The second-order valence-electron chi connectivity index (χ2n) is 3.53. The zero-order valence-electron chi connectivity index (χ0n) is 7.36. The van der Waals surface area contributed by atoms with Crippen LogP contribution in [0.25, 0.3) is 0 Å². The number of aliphatic imine (C=N–C) groups is 1. The van der Waals surface area contributed by atoms with Crippen molar-refractivity contribution in [3.05, 3.63) is 22.4 Å². The maximum atomic E-state index is 4.51. The van der Waals surface area contributed by atoms with E-state index in [0.717, 1.165) is 12.8 Å². The standard InChI is InChI=1S/C10H13N/c1-6-4-10-9(8(6)3)5-7(2)11-10/h4-5H2,1-3H3. The number of nitrogens with zero attached hydrogens (tertiary/aromatic N) is 1. The highest BCUT2D eigenvalue weighted by Gasteiger charge is 2.23. The van der Waals surface area contributed by atoms with E-state index in [2.05, 4.69) is 25.8 Å². The van der Waals surface area contributed by atoms with E-state index in [1.807, 2.05) is 0 Å². The first-order valence-electron chi connectivity index (χ1n) is 4.11. The van der Waals surface area contributed by atoms with Crippen molar-refractivity contribution in [3.8, 4) is 0 Å². The first kappa shape index (κ1) is 6.84. The van der Waals surface area contributed by atoms with Crippen LogP contribution in [0.15, 0.2) is 27.4 Å². The van der Waals surface area contributed by atoms with E-state index in [-0.39, 0.29) is 0 Å². The number of hydrogen-bond donors (Lipinski definition) is 0. The predicted octanol–water partition coefficient (Wildman–Crippen LogP) is 2.85. The van der Waals surface area contributed by atoms with Crippen LogP contribution >= 0.6 is 0 Å². The third-order valence-electron chi connectivity index (χ3n) is 2.63. The minimum atomic E-state index is 1.10. The molecule has 0 radical (unpaired) electrons. The molecule has 0 spiro atoms. The summed E-state index contributed by atoms with van der Waals surface area (Å²) in [6.07, 6.45) is 2.19. The van der Waals surface area contributed by atoms with Crippen molar-refractivity contribution >= 4 is 5.71 Å². The van der Waals surface area contributed by atoms with Gasteiger partial charge >= 0.3 is 0 Å². The van der Waals surface area contributed by atoms with Gasteiger partial charge in [-0.05, 0) is 31.9 Å². The molecule has 0 saturated heterocycles. The van der Waals surface area contributed by atoms with E-state index < -0.39 is 0 Å². The van der Waals surface area contributed by atoms with Gasteiger partial charge in [0.15, 0.2) is 0 Å². The molecule has 0 saturated carbocycles. The Labute approximate surface area is 67.5 Å². The highest BCUT2D eigenvalue weighted by Crippen LogP contribution is 2.38. The molecule has 0 aromatic heterocycles. The fourth-order valence-electron chi connectivity index (χ4n) is 1.83. The summed E-state index contributed by atoms with van der Waals surface area (Å²) in [5.41, 5.74) is 7.10. The Balaban J connectivity index is 2.36. The van der Waals surface area contributed by atoms with Crippen LogP contribution in [0.1, 0.15) is 33.6 Å². The summed E-state index contributed by atoms with van der Waals surface area (Å²) in [6.45, 7) is 6.53. The summed E-state index contributed by atoms with van der Waals surface area (Å²) in [5, 5.41) is 0. The number of allylic oxidation sites excluding steroid dienone is 3. The first-order valence-corrected chi connectivity index (χ1v) is 4.11. The molecular formula is C10H13N. The van der Waals surface area contributed by atoms with Crippen molar-refractivity contribution in [3.63, 3.8) is 0 Å². The fraction of sp³-hybridized carbons (Fsp3) is 0.500. The lowest BCUT2D eigenvalue weighted by Gasteiger charge is -1.99. The third kappa shape index (κ3) is 0.873. The van der Waals surface area contributed by atoms with Gasteiger partial charge < -0.3 is 0 Å². The quantitative estimate of drug-likeness (QED) is 0.499. The molecule has 0 aromatic rings. The van der Waals surface area contributed by atoms with Gasteiger partial charge in [0.05, 0.1) is 0 Å². The summed E-state index contributed by atoms with van der Waals surface area (Å²) in [7, 11) is 0. The third-order valence-corrected chi connectivity index (χ3v) is 2.63. The molecule has 58 valence electrons. The molecular weight excluding hydrogens is 134 g/mol. The molecule has 0 amide bonds. The molecule has 0 bridgehead atoms. The molecule has 1 nitrogen and oxygen atoms in total. The van der Waals surface area contributed by atoms with Crippen LogP contribution < -0.4 is 0 Å². The SMILES string of the molecule is CC1=NC2=C(C1)C(C)=C(C)C2. The summed E-state index contributed by atoms with van der Waals surface area (Å²) >= 11 is 0. The normalized spacial score (nSPS) is 23.0. The second-order valence-corrected chi connectivity index (χ2v) is 3.53. The zero-order valence-corrected chi connectivity index (χ0v) is 7.36. The molecule has 2 aliphatic rings. The molecule has 1 heterocycles. The monoisotopic (exact) mass is 147 g/mol. The van der Waals surface area contributed by atoms with Crippen LogP contribution in [-0.2, 0) is 0 Å². The largest absolute Gasteiger partial charge is 0.262 e. The Morgan fingerprint density at radius 1 is 1.09 bits per heavy atom. The molecule has 11 heavy (non-hydrogen) atoms. The smallest absolute Gasteiger partial charge is 0.0481 e. The van der Waals surface area contributed by atoms with Crippen LogP contribution in [0.3, 0.4) is 0 Å². The topological polar surface area (TPSA) is 12.4 Å². The summed E-state index contributed by atoms with van der Waals surface area (Å²) in [5.74, 6) is 0. The Kier molecular flexibility index (Phi) is 1.28. The zero-order chi connectivity index (χ0) is 8.01. The molecule has 0 atom stereocenters. The van der Waals surface area contributed by atoms with Crippen LogP contribution in [-0.4, -0.2) is 5.71 Å². The van der Waals surface area contributed by atoms with E-state index in [1.54, 1.807) is 0 Å². The lowest BCUT2D eigenvalue weighted by Crippen LogP contribution is -1.89. The van der Waals surface area contributed by atoms with Crippen LogP contribution in [0.2, 0.25) is 0 Å². The van der Waals surface area contributed by atoms with Crippen molar-refractivity contribution in [1.82, 2.24) is 0 Å². The molecule has 2 rings (SSSR count). The summed E-state index contributed by atoms with van der Waals surface area (Å²) in [6, 6.07) is 0. The minimum Gasteiger partial charge on any atom is -0.262 e. The van der Waals surface area contributed by atoms with Crippen LogP contribution in [0, 0.1) is 0 Å². The highest BCUT2D eigenvalue weighted by atomic mass is 14.8. The molecule has 0 unspecified atom stereocenters.